The molecule has 0 saturated carbocycles. The van der Waals surface area contributed by atoms with Crippen LogP contribution in [0.25, 0.3) is 0 Å². The molecule has 0 spiro atoms. The molecule has 0 aromatic heterocycles. The van der Waals surface area contributed by atoms with E-state index in [0.717, 1.165) is 0 Å². The highest BCUT2D eigenvalue weighted by Gasteiger charge is 2.51. The molecule has 0 fully saturated rings. The van der Waals surface area contributed by atoms with Crippen LogP contribution in [0.15, 0.2) is 21.0 Å². The highest BCUT2D eigenvalue weighted by molar-refractivity contribution is 7.93. The molecule has 0 amide bonds. The van der Waals surface area contributed by atoms with Crippen molar-refractivity contribution in [2.45, 2.75) is 79.1 Å². The third kappa shape index (κ3) is 8.82. The quantitative estimate of drug-likeness (QED) is 0.0763. The molecule has 38 heavy (non-hydrogen) atoms. The minimum atomic E-state index is -5.11. The van der Waals surface area contributed by atoms with Crippen LogP contribution in [-0.2, 0) is 57.3 Å². The fourth-order valence-corrected chi connectivity index (χ4v) is 5.44. The molecule has 1 rings (SSSR count). The first-order valence-electron chi connectivity index (χ1n) is 12.6. The lowest BCUT2D eigenvalue weighted by molar-refractivity contribution is -0.143. The van der Waals surface area contributed by atoms with E-state index < -0.39 is 77.9 Å². The zero-order valence-corrected chi connectivity index (χ0v) is 23.8. The van der Waals surface area contributed by atoms with Crippen molar-refractivity contribution in [1.29, 1.82) is 0 Å². The molecule has 0 atom stereocenters. The molecule has 1 aliphatic rings. The van der Waals surface area contributed by atoms with Gasteiger partial charge in [-0.2, -0.15) is 16.8 Å². The van der Waals surface area contributed by atoms with Gasteiger partial charge in [-0.25, -0.2) is 9.59 Å². The Labute approximate surface area is 224 Å². The van der Waals surface area contributed by atoms with Gasteiger partial charge in [0, 0.05) is 0 Å². The number of rotatable bonds is 18. The average Bonchev–Trinajstić information content (AvgIpc) is 2.84. The van der Waals surface area contributed by atoms with Crippen LogP contribution in [0.2, 0.25) is 0 Å². The van der Waals surface area contributed by atoms with Crippen molar-refractivity contribution in [3.05, 3.63) is 21.0 Å². The summed E-state index contributed by atoms with van der Waals surface area (Å²) in [4.78, 5) is 49.8. The van der Waals surface area contributed by atoms with Gasteiger partial charge in [0.2, 0.25) is 11.6 Å². The second kappa shape index (κ2) is 15.9. The Morgan fingerprint density at radius 3 is 1.13 bits per heavy atom. The molecule has 0 bridgehead atoms. The van der Waals surface area contributed by atoms with Gasteiger partial charge in [0.1, 0.15) is 11.1 Å². The summed E-state index contributed by atoms with van der Waals surface area (Å²) >= 11 is 0. The monoisotopic (exact) mass is 580 g/mol. The molecule has 216 valence electrons. The van der Waals surface area contributed by atoms with Crippen LogP contribution >= 0.6 is 0 Å². The van der Waals surface area contributed by atoms with Gasteiger partial charge in [-0.3, -0.25) is 18.0 Å². The maximum atomic E-state index is 13.5. The summed E-state index contributed by atoms with van der Waals surface area (Å²) in [7, 11) is -10.2. The normalized spacial score (nSPS) is 14.7. The van der Waals surface area contributed by atoms with Gasteiger partial charge in [-0.05, 0) is 25.7 Å². The first-order valence-corrected chi connectivity index (χ1v) is 15.4. The lowest BCUT2D eigenvalue weighted by atomic mass is 9.96. The molecular weight excluding hydrogens is 544 g/mol. The number of carbonyl (C=O) groups excluding carboxylic acids is 4. The predicted molar refractivity (Wildman–Crippen MR) is 135 cm³/mol. The number of unbranched alkanes of at least 4 members (excludes halogenated alkanes) is 4. The summed E-state index contributed by atoms with van der Waals surface area (Å²) in [6.45, 7) is 5.76. The zero-order valence-electron chi connectivity index (χ0n) is 22.2. The Morgan fingerprint density at radius 2 is 0.842 bits per heavy atom. The highest BCUT2D eigenvalue weighted by atomic mass is 32.2. The van der Waals surface area contributed by atoms with Gasteiger partial charge in [-0.1, -0.05) is 53.4 Å². The van der Waals surface area contributed by atoms with E-state index >= 15 is 0 Å². The Hall–Kier alpha value is -2.42. The van der Waals surface area contributed by atoms with Crippen LogP contribution in [0.4, 0.5) is 0 Å². The van der Waals surface area contributed by atoms with Gasteiger partial charge in [0.05, 0.1) is 26.4 Å². The molecule has 1 aliphatic carbocycles. The number of hydrogen-bond acceptors (Lipinski definition) is 12. The maximum absolute atomic E-state index is 13.5. The summed E-state index contributed by atoms with van der Waals surface area (Å²) < 4.78 is 71.8. The minimum absolute atomic E-state index is 0.241. The predicted octanol–water partition coefficient (Wildman–Crippen LogP) is 2.63. The minimum Gasteiger partial charge on any atom is -0.462 e. The lowest BCUT2D eigenvalue weighted by Crippen LogP contribution is -2.38. The Balaban J connectivity index is 3.86. The van der Waals surface area contributed by atoms with Crippen molar-refractivity contribution in [2.24, 2.45) is 0 Å². The molecule has 0 saturated heterocycles. The summed E-state index contributed by atoms with van der Waals surface area (Å²) in [5, 5.41) is 0. The summed E-state index contributed by atoms with van der Waals surface area (Å²) in [6, 6.07) is 0. The number of carbonyl (C=O) groups is 4. The van der Waals surface area contributed by atoms with Crippen molar-refractivity contribution in [3.63, 3.8) is 0 Å². The number of Topliss-reactive ketones (excluding diaryl/α,β-unsaturated/α-hetero) is 2. The number of ketones is 2. The van der Waals surface area contributed by atoms with E-state index in [-0.39, 0.29) is 26.1 Å². The molecule has 0 aliphatic heterocycles. The molecule has 0 N–H and O–H groups in total. The lowest BCUT2D eigenvalue weighted by Gasteiger charge is -2.22. The van der Waals surface area contributed by atoms with Crippen LogP contribution in [0.3, 0.4) is 0 Å². The molecule has 0 heterocycles. The summed E-state index contributed by atoms with van der Waals surface area (Å²) in [5.41, 5.74) is -2.74. The van der Waals surface area contributed by atoms with Crippen molar-refractivity contribution in [3.8, 4) is 0 Å². The third-order valence-electron chi connectivity index (χ3n) is 5.16. The first-order chi connectivity index (χ1) is 17.9. The molecule has 12 nitrogen and oxygen atoms in total. The van der Waals surface area contributed by atoms with Gasteiger partial charge >= 0.3 is 32.2 Å². The van der Waals surface area contributed by atoms with Gasteiger partial charge < -0.3 is 9.47 Å². The van der Waals surface area contributed by atoms with Crippen LogP contribution in [0.5, 0.6) is 0 Å². The number of esters is 2. The van der Waals surface area contributed by atoms with E-state index in [9.17, 15) is 36.0 Å². The van der Waals surface area contributed by atoms with Crippen molar-refractivity contribution < 1.29 is 53.9 Å². The largest absolute Gasteiger partial charge is 0.462 e. The SMILES string of the molecule is CCCCOC(=O)C1=C(S(=O)(=O)OCCCC)C(=O)C(C(=O)OCCCC)=C(S(=O)(=O)OCCCC)C1=O. The van der Waals surface area contributed by atoms with Crippen LogP contribution < -0.4 is 0 Å². The highest BCUT2D eigenvalue weighted by Crippen LogP contribution is 2.34. The number of ether oxygens (including phenoxy) is 2. The van der Waals surface area contributed by atoms with Crippen LogP contribution in [-0.4, -0.2) is 66.8 Å². The van der Waals surface area contributed by atoms with E-state index in [1.807, 2.05) is 0 Å². The third-order valence-corrected chi connectivity index (χ3v) is 7.90. The smallest absolute Gasteiger partial charge is 0.343 e. The standard InChI is InChI=1S/C24H36O12S2/c1-5-9-13-33-23(27)17-19(25)22(38(31,32)36-16-12-8-4)18(24(28)34-14-10-6-2)20(26)21(17)37(29,30)35-15-11-7-3/h5-16H2,1-4H3. The summed E-state index contributed by atoms with van der Waals surface area (Å²) in [5.74, 6) is -6.56. The zero-order chi connectivity index (χ0) is 28.9. The van der Waals surface area contributed by atoms with Crippen molar-refractivity contribution in [1.82, 2.24) is 0 Å². The van der Waals surface area contributed by atoms with Gasteiger partial charge in [0.15, 0.2) is 9.81 Å². The Bertz CT molecular complexity index is 1070. The molecule has 0 radical (unpaired) electrons. The van der Waals surface area contributed by atoms with Crippen molar-refractivity contribution in [2.75, 3.05) is 26.4 Å². The molecule has 14 heteroatoms. The van der Waals surface area contributed by atoms with E-state index in [4.69, 9.17) is 17.8 Å². The maximum Gasteiger partial charge on any atom is 0.343 e. The van der Waals surface area contributed by atoms with E-state index in [1.165, 1.54) is 0 Å². The fourth-order valence-electron chi connectivity index (χ4n) is 3.01. The fraction of sp³-hybridized carbons (Fsp3) is 0.667. The Kier molecular flexibility index (Phi) is 14.0. The van der Waals surface area contributed by atoms with Gasteiger partial charge in [-0.15, -0.1) is 0 Å². The summed E-state index contributed by atoms with van der Waals surface area (Å²) in [6.07, 6.45) is 3.35. The molecule has 0 aromatic carbocycles. The van der Waals surface area contributed by atoms with Crippen molar-refractivity contribution >= 4 is 43.7 Å². The van der Waals surface area contributed by atoms with Crippen LogP contribution in [0.1, 0.15) is 79.1 Å². The second-order valence-corrected chi connectivity index (χ2v) is 11.4. The number of allylic oxidation sites excluding steroid dienone is 2. The first kappa shape index (κ1) is 33.6. The van der Waals surface area contributed by atoms with E-state index in [2.05, 4.69) is 0 Å². The topological polar surface area (TPSA) is 173 Å². The molecular formula is C24H36O12S2. The van der Waals surface area contributed by atoms with Crippen LogP contribution in [0, 0.1) is 0 Å². The average molecular weight is 581 g/mol. The molecule has 0 aromatic rings. The Morgan fingerprint density at radius 1 is 0.553 bits per heavy atom. The van der Waals surface area contributed by atoms with E-state index in [1.54, 1.807) is 27.7 Å². The van der Waals surface area contributed by atoms with E-state index in [0.29, 0.717) is 38.5 Å². The van der Waals surface area contributed by atoms with Gasteiger partial charge in [0.25, 0.3) is 0 Å². The molecule has 0 unspecified atom stereocenters. The second-order valence-electron chi connectivity index (χ2n) is 8.30. The number of hydrogen-bond donors (Lipinski definition) is 0.